The SMILES string of the molecule is NC(=O)C[C@@H](NC(=O)COc1ccccc1)C1CCOCC1. The Morgan fingerprint density at radius 2 is 1.95 bits per heavy atom. The van der Waals surface area contributed by atoms with Crippen molar-refractivity contribution in [2.45, 2.75) is 25.3 Å². The van der Waals surface area contributed by atoms with E-state index in [4.69, 9.17) is 15.2 Å². The van der Waals surface area contributed by atoms with Crippen LogP contribution in [-0.4, -0.2) is 37.7 Å². The Bertz CT molecular complexity index is 486. The minimum atomic E-state index is -0.416. The number of amides is 2. The van der Waals surface area contributed by atoms with E-state index in [2.05, 4.69) is 5.32 Å². The zero-order chi connectivity index (χ0) is 15.8. The average molecular weight is 306 g/mol. The fraction of sp³-hybridized carbons (Fsp3) is 0.500. The number of benzene rings is 1. The van der Waals surface area contributed by atoms with E-state index < -0.39 is 5.91 Å². The van der Waals surface area contributed by atoms with Gasteiger partial charge in [0.2, 0.25) is 5.91 Å². The fourth-order valence-electron chi connectivity index (χ4n) is 2.58. The van der Waals surface area contributed by atoms with E-state index in [1.54, 1.807) is 12.1 Å². The third kappa shape index (κ3) is 5.37. The molecule has 2 rings (SSSR count). The summed E-state index contributed by atoms with van der Waals surface area (Å²) >= 11 is 0. The van der Waals surface area contributed by atoms with Gasteiger partial charge in [-0.1, -0.05) is 18.2 Å². The molecule has 0 aliphatic carbocycles. The van der Waals surface area contributed by atoms with Crippen LogP contribution in [0, 0.1) is 5.92 Å². The van der Waals surface area contributed by atoms with Crippen molar-refractivity contribution in [1.82, 2.24) is 5.32 Å². The monoisotopic (exact) mass is 306 g/mol. The van der Waals surface area contributed by atoms with Crippen molar-refractivity contribution in [2.75, 3.05) is 19.8 Å². The number of hydrogen-bond donors (Lipinski definition) is 2. The molecule has 0 spiro atoms. The van der Waals surface area contributed by atoms with Crippen LogP contribution < -0.4 is 15.8 Å². The molecule has 0 bridgehead atoms. The molecule has 1 aliphatic rings. The zero-order valence-electron chi connectivity index (χ0n) is 12.5. The number of nitrogens with one attached hydrogen (secondary N) is 1. The molecule has 1 saturated heterocycles. The predicted octanol–water partition coefficient (Wildman–Crippen LogP) is 0.852. The number of carbonyl (C=O) groups excluding carboxylic acids is 2. The first-order valence-corrected chi connectivity index (χ1v) is 7.48. The van der Waals surface area contributed by atoms with Crippen molar-refractivity contribution in [2.24, 2.45) is 11.7 Å². The van der Waals surface area contributed by atoms with Gasteiger partial charge in [0.15, 0.2) is 6.61 Å². The molecule has 6 heteroatoms. The van der Waals surface area contributed by atoms with Crippen LogP contribution in [-0.2, 0) is 14.3 Å². The lowest BCUT2D eigenvalue weighted by Gasteiger charge is -2.30. The third-order valence-corrected chi connectivity index (χ3v) is 3.72. The molecule has 22 heavy (non-hydrogen) atoms. The summed E-state index contributed by atoms with van der Waals surface area (Å²) in [6.07, 6.45) is 1.78. The quantitative estimate of drug-likeness (QED) is 0.781. The van der Waals surface area contributed by atoms with Gasteiger partial charge < -0.3 is 20.5 Å². The largest absolute Gasteiger partial charge is 0.484 e. The van der Waals surface area contributed by atoms with Gasteiger partial charge in [-0.15, -0.1) is 0 Å². The van der Waals surface area contributed by atoms with Gasteiger partial charge in [0, 0.05) is 25.7 Å². The smallest absolute Gasteiger partial charge is 0.258 e. The number of primary amides is 1. The first kappa shape index (κ1) is 16.3. The van der Waals surface area contributed by atoms with E-state index in [1.165, 1.54) is 0 Å². The van der Waals surface area contributed by atoms with E-state index >= 15 is 0 Å². The van der Waals surface area contributed by atoms with Gasteiger partial charge in [-0.2, -0.15) is 0 Å². The molecule has 1 aromatic rings. The topological polar surface area (TPSA) is 90.7 Å². The van der Waals surface area contributed by atoms with Crippen LogP contribution in [0.5, 0.6) is 5.75 Å². The molecule has 0 saturated carbocycles. The zero-order valence-corrected chi connectivity index (χ0v) is 12.5. The molecule has 2 amide bonds. The van der Waals surface area contributed by atoms with E-state index in [0.717, 1.165) is 12.8 Å². The van der Waals surface area contributed by atoms with Crippen LogP contribution in [0.2, 0.25) is 0 Å². The second kappa shape index (κ2) is 8.38. The average Bonchev–Trinajstić information content (AvgIpc) is 2.54. The summed E-state index contributed by atoms with van der Waals surface area (Å²) in [4.78, 5) is 23.3. The maximum atomic E-state index is 12.0. The summed E-state index contributed by atoms with van der Waals surface area (Å²) in [7, 11) is 0. The summed E-state index contributed by atoms with van der Waals surface area (Å²) < 4.78 is 10.7. The lowest BCUT2D eigenvalue weighted by Crippen LogP contribution is -2.46. The fourth-order valence-corrected chi connectivity index (χ4v) is 2.58. The molecule has 0 radical (unpaired) electrons. The number of para-hydroxylation sites is 1. The van der Waals surface area contributed by atoms with Crippen molar-refractivity contribution in [3.05, 3.63) is 30.3 Å². The second-order valence-corrected chi connectivity index (χ2v) is 5.40. The molecule has 3 N–H and O–H groups in total. The van der Waals surface area contributed by atoms with E-state index in [9.17, 15) is 9.59 Å². The van der Waals surface area contributed by atoms with E-state index in [0.29, 0.717) is 19.0 Å². The molecule has 1 aromatic carbocycles. The van der Waals surface area contributed by atoms with Crippen molar-refractivity contribution in [1.29, 1.82) is 0 Å². The molecule has 0 unspecified atom stereocenters. The molecule has 120 valence electrons. The van der Waals surface area contributed by atoms with Gasteiger partial charge in [0.1, 0.15) is 5.75 Å². The Morgan fingerprint density at radius 1 is 1.27 bits per heavy atom. The summed E-state index contributed by atoms with van der Waals surface area (Å²) in [5.74, 6) is 0.180. The summed E-state index contributed by atoms with van der Waals surface area (Å²) in [5.41, 5.74) is 5.29. The lowest BCUT2D eigenvalue weighted by atomic mass is 9.89. The number of carbonyl (C=O) groups is 2. The Labute approximate surface area is 130 Å². The Hall–Kier alpha value is -2.08. The Balaban J connectivity index is 1.85. The van der Waals surface area contributed by atoms with Gasteiger partial charge in [-0.25, -0.2) is 0 Å². The third-order valence-electron chi connectivity index (χ3n) is 3.72. The molecular weight excluding hydrogens is 284 g/mol. The summed E-state index contributed by atoms with van der Waals surface area (Å²) in [6.45, 7) is 1.22. The summed E-state index contributed by atoms with van der Waals surface area (Å²) in [5, 5.41) is 2.87. The van der Waals surface area contributed by atoms with Gasteiger partial charge in [-0.3, -0.25) is 9.59 Å². The lowest BCUT2D eigenvalue weighted by molar-refractivity contribution is -0.125. The predicted molar refractivity (Wildman–Crippen MR) is 81.2 cm³/mol. The highest BCUT2D eigenvalue weighted by Crippen LogP contribution is 2.20. The van der Waals surface area contributed by atoms with Crippen LogP contribution in [0.1, 0.15) is 19.3 Å². The van der Waals surface area contributed by atoms with Gasteiger partial charge in [0.05, 0.1) is 0 Å². The van der Waals surface area contributed by atoms with Crippen LogP contribution >= 0.6 is 0 Å². The van der Waals surface area contributed by atoms with Crippen molar-refractivity contribution >= 4 is 11.8 Å². The van der Waals surface area contributed by atoms with Crippen molar-refractivity contribution < 1.29 is 19.1 Å². The van der Waals surface area contributed by atoms with Crippen LogP contribution in [0.25, 0.3) is 0 Å². The van der Waals surface area contributed by atoms with Crippen molar-refractivity contribution in [3.63, 3.8) is 0 Å². The molecule has 0 aromatic heterocycles. The van der Waals surface area contributed by atoms with E-state index in [1.807, 2.05) is 18.2 Å². The maximum absolute atomic E-state index is 12.0. The number of nitrogens with two attached hydrogens (primary N) is 1. The molecular formula is C16H22N2O4. The minimum absolute atomic E-state index is 0.0809. The highest BCUT2D eigenvalue weighted by molar-refractivity contribution is 5.80. The number of hydrogen-bond acceptors (Lipinski definition) is 4. The first-order valence-electron chi connectivity index (χ1n) is 7.48. The van der Waals surface area contributed by atoms with Crippen molar-refractivity contribution in [3.8, 4) is 5.75 Å². The highest BCUT2D eigenvalue weighted by Gasteiger charge is 2.26. The molecule has 1 aliphatic heterocycles. The normalized spacial score (nSPS) is 16.7. The van der Waals surface area contributed by atoms with Gasteiger partial charge >= 0.3 is 0 Å². The Kier molecular flexibility index (Phi) is 6.21. The molecule has 1 fully saturated rings. The first-order chi connectivity index (χ1) is 10.6. The van der Waals surface area contributed by atoms with Gasteiger partial charge in [-0.05, 0) is 30.9 Å². The van der Waals surface area contributed by atoms with Crippen LogP contribution in [0.15, 0.2) is 30.3 Å². The molecule has 6 nitrogen and oxygen atoms in total. The Morgan fingerprint density at radius 3 is 2.59 bits per heavy atom. The number of rotatable bonds is 7. The second-order valence-electron chi connectivity index (χ2n) is 5.40. The standard InChI is InChI=1S/C16H22N2O4/c17-15(19)10-14(12-6-8-21-9-7-12)18-16(20)11-22-13-4-2-1-3-5-13/h1-5,12,14H,6-11H2,(H2,17,19)(H,18,20)/t14-/m1/s1. The van der Waals surface area contributed by atoms with Crippen LogP contribution in [0.4, 0.5) is 0 Å². The minimum Gasteiger partial charge on any atom is -0.484 e. The highest BCUT2D eigenvalue weighted by atomic mass is 16.5. The van der Waals surface area contributed by atoms with E-state index in [-0.39, 0.29) is 30.9 Å². The molecule has 1 heterocycles. The summed E-state index contributed by atoms with van der Waals surface area (Å²) in [6, 6.07) is 8.87. The van der Waals surface area contributed by atoms with Crippen LogP contribution in [0.3, 0.4) is 0 Å². The number of ether oxygens (including phenoxy) is 2. The molecule has 1 atom stereocenters. The van der Waals surface area contributed by atoms with Gasteiger partial charge in [0.25, 0.3) is 5.91 Å². The maximum Gasteiger partial charge on any atom is 0.258 e.